The van der Waals surface area contributed by atoms with Gasteiger partial charge in [-0.3, -0.25) is 0 Å². The molecular weight excluding hydrogens is 182 g/mol. The summed E-state index contributed by atoms with van der Waals surface area (Å²) in [5, 5.41) is 3.90. The molecule has 15 heavy (non-hydrogen) atoms. The lowest BCUT2D eigenvalue weighted by Gasteiger charge is -2.21. The Morgan fingerprint density at radius 2 is 1.47 bits per heavy atom. The van der Waals surface area contributed by atoms with Gasteiger partial charge in [0.1, 0.15) is 0 Å². The Hall–Kier alpha value is -0.0400. The summed E-state index contributed by atoms with van der Waals surface area (Å²) >= 11 is 0. The van der Waals surface area contributed by atoms with Crippen molar-refractivity contribution in [3.63, 3.8) is 0 Å². The summed E-state index contributed by atoms with van der Waals surface area (Å²) in [5.74, 6) is 1.03. The van der Waals surface area contributed by atoms with Gasteiger partial charge < -0.3 is 5.32 Å². The molecule has 2 aliphatic rings. The molecule has 0 aromatic heterocycles. The van der Waals surface area contributed by atoms with E-state index in [1.54, 1.807) is 0 Å². The third-order valence-electron chi connectivity index (χ3n) is 4.49. The minimum atomic E-state index is 0.852. The topological polar surface area (TPSA) is 12.0 Å². The van der Waals surface area contributed by atoms with E-state index in [2.05, 4.69) is 12.2 Å². The van der Waals surface area contributed by atoms with Crippen molar-refractivity contribution < 1.29 is 0 Å². The zero-order valence-corrected chi connectivity index (χ0v) is 10.3. The fraction of sp³-hybridized carbons (Fsp3) is 1.00. The predicted octanol–water partition coefficient (Wildman–Crippen LogP) is 3.88. The molecule has 2 unspecified atom stereocenters. The van der Waals surface area contributed by atoms with Gasteiger partial charge in [-0.15, -0.1) is 0 Å². The summed E-state index contributed by atoms with van der Waals surface area (Å²) in [6.07, 6.45) is 14.5. The van der Waals surface area contributed by atoms with Crippen LogP contribution < -0.4 is 5.32 Å². The molecule has 2 saturated carbocycles. The number of hydrogen-bond donors (Lipinski definition) is 1. The van der Waals surface area contributed by atoms with Gasteiger partial charge in [-0.2, -0.15) is 0 Å². The van der Waals surface area contributed by atoms with Gasteiger partial charge in [-0.05, 0) is 38.0 Å². The van der Waals surface area contributed by atoms with E-state index in [4.69, 9.17) is 0 Å². The lowest BCUT2D eigenvalue weighted by Crippen LogP contribution is -2.36. The minimum Gasteiger partial charge on any atom is -0.311 e. The van der Waals surface area contributed by atoms with E-state index < -0.39 is 0 Å². The summed E-state index contributed by atoms with van der Waals surface area (Å²) in [7, 11) is 0. The SMILES string of the molecule is CCC1CCCC(NC2CCCC2)CC1. The molecule has 0 amide bonds. The summed E-state index contributed by atoms with van der Waals surface area (Å²) in [5.41, 5.74) is 0. The Bertz CT molecular complexity index is 172. The Kier molecular flexibility index (Phi) is 4.49. The fourth-order valence-corrected chi connectivity index (χ4v) is 3.38. The Balaban J connectivity index is 1.72. The molecule has 88 valence electrons. The molecule has 2 atom stereocenters. The van der Waals surface area contributed by atoms with Gasteiger partial charge in [0.15, 0.2) is 0 Å². The van der Waals surface area contributed by atoms with Crippen LogP contribution in [0.25, 0.3) is 0 Å². The molecule has 0 aliphatic heterocycles. The van der Waals surface area contributed by atoms with Crippen molar-refractivity contribution in [3.8, 4) is 0 Å². The largest absolute Gasteiger partial charge is 0.311 e. The molecule has 0 spiro atoms. The van der Waals surface area contributed by atoms with Crippen LogP contribution in [0.2, 0.25) is 0 Å². The van der Waals surface area contributed by atoms with Crippen molar-refractivity contribution in [1.29, 1.82) is 0 Å². The van der Waals surface area contributed by atoms with Crippen molar-refractivity contribution in [2.45, 2.75) is 83.2 Å². The fourth-order valence-electron chi connectivity index (χ4n) is 3.38. The van der Waals surface area contributed by atoms with Crippen molar-refractivity contribution in [1.82, 2.24) is 5.32 Å². The van der Waals surface area contributed by atoms with E-state index in [9.17, 15) is 0 Å². The maximum absolute atomic E-state index is 3.90. The van der Waals surface area contributed by atoms with Crippen molar-refractivity contribution >= 4 is 0 Å². The van der Waals surface area contributed by atoms with Crippen LogP contribution in [0.4, 0.5) is 0 Å². The molecule has 1 nitrogen and oxygen atoms in total. The van der Waals surface area contributed by atoms with Crippen LogP contribution in [0.3, 0.4) is 0 Å². The zero-order chi connectivity index (χ0) is 10.5. The quantitative estimate of drug-likeness (QED) is 0.696. The molecule has 0 aromatic carbocycles. The first-order valence-corrected chi connectivity index (χ1v) is 7.14. The van der Waals surface area contributed by atoms with E-state index in [0.29, 0.717) is 0 Å². The maximum Gasteiger partial charge on any atom is 0.00697 e. The third kappa shape index (κ3) is 3.48. The third-order valence-corrected chi connectivity index (χ3v) is 4.49. The van der Waals surface area contributed by atoms with Crippen LogP contribution in [0.5, 0.6) is 0 Å². The van der Waals surface area contributed by atoms with E-state index in [1.165, 1.54) is 64.2 Å². The van der Waals surface area contributed by atoms with Crippen LogP contribution in [0.1, 0.15) is 71.1 Å². The molecule has 0 aromatic rings. The van der Waals surface area contributed by atoms with Gasteiger partial charge in [0.05, 0.1) is 0 Å². The van der Waals surface area contributed by atoms with E-state index in [0.717, 1.165) is 18.0 Å². The van der Waals surface area contributed by atoms with Gasteiger partial charge in [0.25, 0.3) is 0 Å². The Morgan fingerprint density at radius 3 is 2.20 bits per heavy atom. The lowest BCUT2D eigenvalue weighted by atomic mass is 9.97. The summed E-state index contributed by atoms with van der Waals surface area (Å²) < 4.78 is 0. The average Bonchev–Trinajstić information content (AvgIpc) is 2.64. The highest BCUT2D eigenvalue weighted by Crippen LogP contribution is 2.27. The molecule has 1 heteroatoms. The molecule has 0 heterocycles. The van der Waals surface area contributed by atoms with Crippen LogP contribution in [-0.2, 0) is 0 Å². The van der Waals surface area contributed by atoms with Gasteiger partial charge >= 0.3 is 0 Å². The number of nitrogens with one attached hydrogen (secondary N) is 1. The van der Waals surface area contributed by atoms with Crippen molar-refractivity contribution in [2.75, 3.05) is 0 Å². The summed E-state index contributed by atoms with van der Waals surface area (Å²) in [6.45, 7) is 2.36. The van der Waals surface area contributed by atoms with Gasteiger partial charge in [0, 0.05) is 12.1 Å². The molecule has 0 bridgehead atoms. The Labute approximate surface area is 95.0 Å². The number of rotatable bonds is 3. The van der Waals surface area contributed by atoms with Crippen molar-refractivity contribution in [2.24, 2.45) is 5.92 Å². The first kappa shape index (κ1) is 11.4. The van der Waals surface area contributed by atoms with Crippen molar-refractivity contribution in [3.05, 3.63) is 0 Å². The minimum absolute atomic E-state index is 0.852. The molecule has 2 fully saturated rings. The maximum atomic E-state index is 3.90. The summed E-state index contributed by atoms with van der Waals surface area (Å²) in [4.78, 5) is 0. The smallest absolute Gasteiger partial charge is 0.00697 e. The van der Waals surface area contributed by atoms with E-state index >= 15 is 0 Å². The standard InChI is InChI=1S/C14H27N/c1-2-12-6-5-9-14(11-10-12)15-13-7-3-4-8-13/h12-15H,2-11H2,1H3. The highest BCUT2D eigenvalue weighted by molar-refractivity contribution is 4.81. The second-order valence-electron chi connectivity index (χ2n) is 5.63. The monoisotopic (exact) mass is 209 g/mol. The van der Waals surface area contributed by atoms with Crippen LogP contribution in [0.15, 0.2) is 0 Å². The predicted molar refractivity (Wildman–Crippen MR) is 66.0 cm³/mol. The average molecular weight is 209 g/mol. The van der Waals surface area contributed by atoms with Crippen LogP contribution >= 0.6 is 0 Å². The molecular formula is C14H27N. The summed E-state index contributed by atoms with van der Waals surface area (Å²) in [6, 6.07) is 1.72. The normalized spacial score (nSPS) is 34.2. The van der Waals surface area contributed by atoms with Gasteiger partial charge in [-0.25, -0.2) is 0 Å². The van der Waals surface area contributed by atoms with Gasteiger partial charge in [-0.1, -0.05) is 39.0 Å². The molecule has 2 rings (SSSR count). The van der Waals surface area contributed by atoms with Crippen LogP contribution in [0, 0.1) is 5.92 Å². The molecule has 1 N–H and O–H groups in total. The second kappa shape index (κ2) is 5.89. The molecule has 2 aliphatic carbocycles. The Morgan fingerprint density at radius 1 is 0.800 bits per heavy atom. The lowest BCUT2D eigenvalue weighted by molar-refractivity contribution is 0.386. The first-order valence-electron chi connectivity index (χ1n) is 7.14. The molecule has 0 radical (unpaired) electrons. The molecule has 0 saturated heterocycles. The highest BCUT2D eigenvalue weighted by atomic mass is 15.0. The zero-order valence-electron chi connectivity index (χ0n) is 10.3. The van der Waals surface area contributed by atoms with Crippen LogP contribution in [-0.4, -0.2) is 12.1 Å². The number of hydrogen-bond acceptors (Lipinski definition) is 1. The highest BCUT2D eigenvalue weighted by Gasteiger charge is 2.22. The van der Waals surface area contributed by atoms with Gasteiger partial charge in [0.2, 0.25) is 0 Å². The first-order chi connectivity index (χ1) is 7.38. The van der Waals surface area contributed by atoms with E-state index in [1.807, 2.05) is 0 Å². The second-order valence-corrected chi connectivity index (χ2v) is 5.63. The van der Waals surface area contributed by atoms with E-state index in [-0.39, 0.29) is 0 Å².